The highest BCUT2D eigenvalue weighted by Gasteiger charge is 2.16. The quantitative estimate of drug-likeness (QED) is 0.464. The van der Waals surface area contributed by atoms with Gasteiger partial charge in [0.15, 0.2) is 5.16 Å². The van der Waals surface area contributed by atoms with Crippen molar-refractivity contribution in [1.29, 1.82) is 0 Å². The zero-order valence-electron chi connectivity index (χ0n) is 15.2. The van der Waals surface area contributed by atoms with Crippen LogP contribution in [0.2, 0.25) is 0 Å². The maximum atomic E-state index is 11.8. The van der Waals surface area contributed by atoms with Crippen LogP contribution in [-0.4, -0.2) is 27.9 Å². The van der Waals surface area contributed by atoms with Crippen LogP contribution in [0.25, 0.3) is 16.9 Å². The minimum atomic E-state index is -0.228. The highest BCUT2D eigenvalue weighted by Crippen LogP contribution is 2.31. The number of thioether (sulfide) groups is 1. The van der Waals surface area contributed by atoms with E-state index in [0.717, 1.165) is 27.7 Å². The summed E-state index contributed by atoms with van der Waals surface area (Å²) in [5, 5.41) is 0.780. The van der Waals surface area contributed by atoms with Crippen molar-refractivity contribution in [3.63, 3.8) is 0 Å². The van der Waals surface area contributed by atoms with Crippen molar-refractivity contribution in [3.8, 4) is 16.9 Å². The summed E-state index contributed by atoms with van der Waals surface area (Å²) in [4.78, 5) is 16.3. The first-order chi connectivity index (χ1) is 12.6. The summed E-state index contributed by atoms with van der Waals surface area (Å²) in [6, 6.07) is 16.6. The topological polar surface area (TPSA) is 44.1 Å². The molecular weight excluding hydrogens is 344 g/mol. The molecule has 3 rings (SSSR count). The van der Waals surface area contributed by atoms with E-state index < -0.39 is 0 Å². The lowest BCUT2D eigenvalue weighted by molar-refractivity contribution is -0.139. The van der Waals surface area contributed by atoms with Gasteiger partial charge < -0.3 is 4.74 Å². The maximum Gasteiger partial charge on any atom is 0.316 e. The van der Waals surface area contributed by atoms with Crippen LogP contribution in [0.1, 0.15) is 18.1 Å². The van der Waals surface area contributed by atoms with Gasteiger partial charge in [-0.15, -0.1) is 0 Å². The maximum absolute atomic E-state index is 11.8. The van der Waals surface area contributed by atoms with E-state index in [9.17, 15) is 4.79 Å². The van der Waals surface area contributed by atoms with Crippen molar-refractivity contribution in [1.82, 2.24) is 9.55 Å². The van der Waals surface area contributed by atoms with Gasteiger partial charge in [0.05, 0.1) is 29.9 Å². The standard InChI is InChI=1S/C21H22N2O2S/c1-4-25-20(24)14-26-21-22-13-19(17-11-9-15(2)10-12-17)23(21)18-8-6-5-7-16(18)3/h5-13H,4,14H2,1-3H3. The number of esters is 1. The Labute approximate surface area is 158 Å². The zero-order valence-corrected chi connectivity index (χ0v) is 16.0. The first-order valence-electron chi connectivity index (χ1n) is 8.59. The second-order valence-electron chi connectivity index (χ2n) is 6.01. The van der Waals surface area contributed by atoms with Crippen LogP contribution >= 0.6 is 11.8 Å². The molecule has 1 aromatic heterocycles. The van der Waals surface area contributed by atoms with E-state index in [1.807, 2.05) is 25.3 Å². The number of hydrogen-bond acceptors (Lipinski definition) is 4. The summed E-state index contributed by atoms with van der Waals surface area (Å²) in [7, 11) is 0. The molecule has 0 unspecified atom stereocenters. The van der Waals surface area contributed by atoms with Crippen LogP contribution in [0.15, 0.2) is 59.9 Å². The van der Waals surface area contributed by atoms with Crippen LogP contribution in [0.3, 0.4) is 0 Å². The minimum Gasteiger partial charge on any atom is -0.465 e. The smallest absolute Gasteiger partial charge is 0.316 e. The monoisotopic (exact) mass is 366 g/mol. The van der Waals surface area contributed by atoms with Crippen LogP contribution in [0, 0.1) is 13.8 Å². The lowest BCUT2D eigenvalue weighted by atomic mass is 10.1. The predicted molar refractivity (Wildman–Crippen MR) is 106 cm³/mol. The molecule has 0 spiro atoms. The number of para-hydroxylation sites is 1. The summed E-state index contributed by atoms with van der Waals surface area (Å²) in [6.07, 6.45) is 1.87. The van der Waals surface area contributed by atoms with Gasteiger partial charge in [0.2, 0.25) is 0 Å². The van der Waals surface area contributed by atoms with Gasteiger partial charge in [0, 0.05) is 5.56 Å². The van der Waals surface area contributed by atoms with E-state index >= 15 is 0 Å². The first-order valence-corrected chi connectivity index (χ1v) is 9.58. The molecule has 5 heteroatoms. The molecular formula is C21H22N2O2S. The number of hydrogen-bond donors (Lipinski definition) is 0. The van der Waals surface area contributed by atoms with Gasteiger partial charge in [0.1, 0.15) is 0 Å². The first kappa shape index (κ1) is 18.3. The van der Waals surface area contributed by atoms with Crippen molar-refractivity contribution in [2.45, 2.75) is 25.9 Å². The summed E-state index contributed by atoms with van der Waals surface area (Å²) in [5.74, 6) is 0.0121. The molecule has 0 saturated heterocycles. The molecule has 0 aliphatic rings. The van der Waals surface area contributed by atoms with Crippen LogP contribution in [0.5, 0.6) is 0 Å². The van der Waals surface area contributed by atoms with Gasteiger partial charge in [0.25, 0.3) is 0 Å². The van der Waals surface area contributed by atoms with Crippen molar-refractivity contribution in [3.05, 3.63) is 65.9 Å². The van der Waals surface area contributed by atoms with Crippen molar-refractivity contribution < 1.29 is 9.53 Å². The molecule has 0 aliphatic heterocycles. The molecule has 26 heavy (non-hydrogen) atoms. The molecule has 0 amide bonds. The van der Waals surface area contributed by atoms with Crippen molar-refractivity contribution in [2.75, 3.05) is 12.4 Å². The Morgan fingerprint density at radius 3 is 2.54 bits per heavy atom. The van der Waals surface area contributed by atoms with Crippen LogP contribution in [-0.2, 0) is 9.53 Å². The van der Waals surface area contributed by atoms with Gasteiger partial charge in [-0.25, -0.2) is 4.98 Å². The van der Waals surface area contributed by atoms with E-state index in [-0.39, 0.29) is 11.7 Å². The fraction of sp³-hybridized carbons (Fsp3) is 0.238. The molecule has 0 saturated carbocycles. The number of ether oxygens (including phenoxy) is 1. The Kier molecular flexibility index (Phi) is 5.78. The highest BCUT2D eigenvalue weighted by atomic mass is 32.2. The second kappa shape index (κ2) is 8.23. The SMILES string of the molecule is CCOC(=O)CSc1ncc(-c2ccc(C)cc2)n1-c1ccccc1C. The molecule has 2 aromatic carbocycles. The van der Waals surface area contributed by atoms with E-state index in [1.165, 1.54) is 17.3 Å². The number of nitrogens with zero attached hydrogens (tertiary/aromatic N) is 2. The molecule has 134 valence electrons. The number of imidazole rings is 1. The molecule has 0 N–H and O–H groups in total. The summed E-state index contributed by atoms with van der Waals surface area (Å²) in [6.45, 7) is 6.35. The average Bonchev–Trinajstić information content (AvgIpc) is 3.05. The Hall–Kier alpha value is -2.53. The Balaban J connectivity index is 2.04. The normalized spacial score (nSPS) is 10.7. The van der Waals surface area contributed by atoms with Gasteiger partial charge in [-0.05, 0) is 32.4 Å². The Morgan fingerprint density at radius 1 is 1.12 bits per heavy atom. The lowest BCUT2D eigenvalue weighted by Gasteiger charge is -2.14. The average molecular weight is 366 g/mol. The summed E-state index contributed by atoms with van der Waals surface area (Å²) < 4.78 is 7.16. The Bertz CT molecular complexity index is 901. The predicted octanol–water partition coefficient (Wildman–Crippen LogP) is 4.81. The van der Waals surface area contributed by atoms with E-state index in [4.69, 9.17) is 4.74 Å². The molecule has 0 atom stereocenters. The number of rotatable bonds is 6. The molecule has 3 aromatic rings. The van der Waals surface area contributed by atoms with Gasteiger partial charge in [-0.1, -0.05) is 59.8 Å². The fourth-order valence-electron chi connectivity index (χ4n) is 2.74. The molecule has 0 radical (unpaired) electrons. The van der Waals surface area contributed by atoms with E-state index in [2.05, 4.69) is 59.8 Å². The molecule has 0 bridgehead atoms. The zero-order chi connectivity index (χ0) is 18.5. The van der Waals surface area contributed by atoms with Crippen molar-refractivity contribution >= 4 is 17.7 Å². The molecule has 0 fully saturated rings. The fourth-order valence-corrected chi connectivity index (χ4v) is 3.52. The number of benzene rings is 2. The van der Waals surface area contributed by atoms with Crippen molar-refractivity contribution in [2.24, 2.45) is 0 Å². The number of aromatic nitrogens is 2. The lowest BCUT2D eigenvalue weighted by Crippen LogP contribution is -2.08. The second-order valence-corrected chi connectivity index (χ2v) is 6.95. The summed E-state index contributed by atoms with van der Waals surface area (Å²) >= 11 is 1.39. The third kappa shape index (κ3) is 3.99. The van der Waals surface area contributed by atoms with Crippen LogP contribution < -0.4 is 0 Å². The molecule has 0 aliphatic carbocycles. The minimum absolute atomic E-state index is 0.228. The number of carbonyl (C=O) groups is 1. The van der Waals surface area contributed by atoms with Gasteiger partial charge >= 0.3 is 5.97 Å². The molecule has 4 nitrogen and oxygen atoms in total. The van der Waals surface area contributed by atoms with Gasteiger partial charge in [-0.3, -0.25) is 9.36 Å². The third-order valence-electron chi connectivity index (χ3n) is 4.06. The largest absolute Gasteiger partial charge is 0.465 e. The summed E-state index contributed by atoms with van der Waals surface area (Å²) in [5.41, 5.74) is 5.52. The molecule has 1 heterocycles. The number of aryl methyl sites for hydroxylation is 2. The van der Waals surface area contributed by atoms with Crippen LogP contribution in [0.4, 0.5) is 0 Å². The van der Waals surface area contributed by atoms with Gasteiger partial charge in [-0.2, -0.15) is 0 Å². The third-order valence-corrected chi connectivity index (χ3v) is 4.98. The number of carbonyl (C=O) groups excluding carboxylic acids is 1. The van der Waals surface area contributed by atoms with E-state index in [1.54, 1.807) is 0 Å². The Morgan fingerprint density at radius 2 is 1.85 bits per heavy atom. The highest BCUT2D eigenvalue weighted by molar-refractivity contribution is 7.99. The van der Waals surface area contributed by atoms with E-state index in [0.29, 0.717) is 6.61 Å².